The van der Waals surface area contributed by atoms with Crippen LogP contribution in [0.15, 0.2) is 77.7 Å². The maximum absolute atomic E-state index is 13.3. The molecule has 4 aromatic rings. The highest BCUT2D eigenvalue weighted by Crippen LogP contribution is 2.21. The number of nitrogens with zero attached hydrogens (tertiary/aromatic N) is 1. The first kappa shape index (κ1) is 22.0. The zero-order chi connectivity index (χ0) is 23.5. The van der Waals surface area contributed by atoms with Crippen LogP contribution in [0.3, 0.4) is 0 Å². The molecule has 1 amide bonds. The SMILES string of the molecule is COc1ccc2c(c1)c(=O)c(C(=O)c1ccc(F)cc1)cn2CC(=O)Nc1ccc(C)cc1. The molecule has 33 heavy (non-hydrogen) atoms. The van der Waals surface area contributed by atoms with Crippen molar-refractivity contribution < 1.29 is 18.7 Å². The average molecular weight is 444 g/mol. The summed E-state index contributed by atoms with van der Waals surface area (Å²) in [5.41, 5.74) is 1.75. The second-order valence-electron chi connectivity index (χ2n) is 7.63. The molecular weight excluding hydrogens is 423 g/mol. The molecule has 7 heteroatoms. The molecule has 0 radical (unpaired) electrons. The fourth-order valence-electron chi connectivity index (χ4n) is 3.54. The highest BCUT2D eigenvalue weighted by Gasteiger charge is 2.19. The van der Waals surface area contributed by atoms with Crippen LogP contribution >= 0.6 is 0 Å². The fraction of sp³-hybridized carbons (Fsp3) is 0.115. The molecule has 166 valence electrons. The summed E-state index contributed by atoms with van der Waals surface area (Å²) in [6.07, 6.45) is 1.37. The number of methoxy groups -OCH3 is 1. The van der Waals surface area contributed by atoms with E-state index in [1.807, 2.05) is 19.1 Å². The summed E-state index contributed by atoms with van der Waals surface area (Å²) in [5, 5.41) is 3.06. The number of halogens is 1. The van der Waals surface area contributed by atoms with Crippen molar-refractivity contribution in [3.63, 3.8) is 0 Å². The van der Waals surface area contributed by atoms with Gasteiger partial charge in [0, 0.05) is 17.4 Å². The number of pyridine rings is 1. The number of aryl methyl sites for hydroxylation is 1. The number of fused-ring (bicyclic) bond motifs is 1. The number of amides is 1. The molecule has 1 heterocycles. The number of anilines is 1. The van der Waals surface area contributed by atoms with Gasteiger partial charge in [-0.3, -0.25) is 14.4 Å². The van der Waals surface area contributed by atoms with Crippen LogP contribution in [-0.2, 0) is 11.3 Å². The Morgan fingerprint density at radius 3 is 2.36 bits per heavy atom. The lowest BCUT2D eigenvalue weighted by molar-refractivity contribution is -0.116. The van der Waals surface area contributed by atoms with Crippen LogP contribution in [-0.4, -0.2) is 23.4 Å². The van der Waals surface area contributed by atoms with Gasteiger partial charge in [-0.15, -0.1) is 0 Å². The molecule has 0 aliphatic rings. The smallest absolute Gasteiger partial charge is 0.244 e. The monoisotopic (exact) mass is 444 g/mol. The third-order valence-corrected chi connectivity index (χ3v) is 5.29. The number of carbonyl (C=O) groups is 2. The van der Waals surface area contributed by atoms with Crippen molar-refractivity contribution in [1.29, 1.82) is 0 Å². The summed E-state index contributed by atoms with van der Waals surface area (Å²) >= 11 is 0. The van der Waals surface area contributed by atoms with Crippen molar-refractivity contribution in [3.05, 3.63) is 106 Å². The Labute approximate surface area is 189 Å². The van der Waals surface area contributed by atoms with Crippen molar-refractivity contribution in [1.82, 2.24) is 4.57 Å². The Kier molecular flexibility index (Phi) is 6.04. The summed E-state index contributed by atoms with van der Waals surface area (Å²) < 4.78 is 20.1. The van der Waals surface area contributed by atoms with E-state index in [4.69, 9.17) is 4.74 Å². The predicted octanol–water partition coefficient (Wildman–Crippen LogP) is 4.33. The lowest BCUT2D eigenvalue weighted by Crippen LogP contribution is -2.24. The van der Waals surface area contributed by atoms with Gasteiger partial charge in [0.25, 0.3) is 0 Å². The molecule has 6 nitrogen and oxygen atoms in total. The summed E-state index contributed by atoms with van der Waals surface area (Å²) in [7, 11) is 1.47. The average Bonchev–Trinajstić information content (AvgIpc) is 2.82. The van der Waals surface area contributed by atoms with Gasteiger partial charge in [-0.05, 0) is 61.5 Å². The fourth-order valence-corrected chi connectivity index (χ4v) is 3.54. The molecule has 1 aromatic heterocycles. The van der Waals surface area contributed by atoms with Gasteiger partial charge in [-0.25, -0.2) is 4.39 Å². The van der Waals surface area contributed by atoms with Crippen LogP contribution in [0.25, 0.3) is 10.9 Å². The van der Waals surface area contributed by atoms with E-state index < -0.39 is 17.0 Å². The van der Waals surface area contributed by atoms with E-state index in [0.29, 0.717) is 17.0 Å². The minimum atomic E-state index is -0.558. The second kappa shape index (κ2) is 9.08. The molecule has 0 fully saturated rings. The van der Waals surface area contributed by atoms with Crippen LogP contribution in [0.5, 0.6) is 5.75 Å². The molecule has 0 spiro atoms. The van der Waals surface area contributed by atoms with Crippen molar-refractivity contribution in [2.45, 2.75) is 13.5 Å². The number of hydrogen-bond donors (Lipinski definition) is 1. The number of benzene rings is 3. The second-order valence-corrected chi connectivity index (χ2v) is 7.63. The quantitative estimate of drug-likeness (QED) is 0.449. The molecular formula is C26H21FN2O4. The molecule has 4 rings (SSSR count). The Hall–Kier alpha value is -4.26. The molecule has 0 unspecified atom stereocenters. The van der Waals surface area contributed by atoms with Gasteiger partial charge < -0.3 is 14.6 Å². The van der Waals surface area contributed by atoms with Crippen molar-refractivity contribution >= 4 is 28.3 Å². The van der Waals surface area contributed by atoms with Gasteiger partial charge in [0.15, 0.2) is 5.78 Å². The first-order valence-corrected chi connectivity index (χ1v) is 10.2. The number of ketones is 1. The Balaban J connectivity index is 1.77. The normalized spacial score (nSPS) is 10.8. The molecule has 0 saturated heterocycles. The summed E-state index contributed by atoms with van der Waals surface area (Å²) in [4.78, 5) is 39.0. The van der Waals surface area contributed by atoms with E-state index >= 15 is 0 Å². The van der Waals surface area contributed by atoms with Crippen molar-refractivity contribution in [2.24, 2.45) is 0 Å². The minimum Gasteiger partial charge on any atom is -0.497 e. The Morgan fingerprint density at radius 2 is 1.70 bits per heavy atom. The molecule has 0 bridgehead atoms. The predicted molar refractivity (Wildman–Crippen MR) is 124 cm³/mol. The largest absolute Gasteiger partial charge is 0.497 e. The zero-order valence-corrected chi connectivity index (χ0v) is 18.1. The van der Waals surface area contributed by atoms with Crippen LogP contribution in [0.1, 0.15) is 21.5 Å². The molecule has 3 aromatic carbocycles. The molecule has 1 N–H and O–H groups in total. The number of nitrogens with one attached hydrogen (secondary N) is 1. The van der Waals surface area contributed by atoms with E-state index in [0.717, 1.165) is 17.7 Å². The number of carbonyl (C=O) groups excluding carboxylic acids is 2. The van der Waals surface area contributed by atoms with Gasteiger partial charge in [0.2, 0.25) is 11.3 Å². The van der Waals surface area contributed by atoms with Gasteiger partial charge in [-0.1, -0.05) is 17.7 Å². The van der Waals surface area contributed by atoms with E-state index in [1.54, 1.807) is 28.8 Å². The van der Waals surface area contributed by atoms with Crippen LogP contribution in [0.2, 0.25) is 0 Å². The number of ether oxygens (including phenoxy) is 1. The van der Waals surface area contributed by atoms with E-state index in [-0.39, 0.29) is 29.0 Å². The highest BCUT2D eigenvalue weighted by atomic mass is 19.1. The molecule has 0 aliphatic carbocycles. The van der Waals surface area contributed by atoms with Crippen LogP contribution in [0, 0.1) is 12.7 Å². The van der Waals surface area contributed by atoms with E-state index in [9.17, 15) is 18.8 Å². The van der Waals surface area contributed by atoms with Crippen molar-refractivity contribution in [3.8, 4) is 5.75 Å². The van der Waals surface area contributed by atoms with Crippen molar-refractivity contribution in [2.75, 3.05) is 12.4 Å². The number of aromatic nitrogens is 1. The third kappa shape index (κ3) is 4.67. The number of hydrogen-bond acceptors (Lipinski definition) is 4. The standard InChI is InChI=1S/C26H21FN2O4/c1-16-3-9-19(10-4-16)28-24(30)15-29-14-22(25(31)17-5-7-18(27)8-6-17)26(32)21-13-20(33-2)11-12-23(21)29/h3-14H,15H2,1-2H3,(H,28,30). The molecule has 0 saturated carbocycles. The van der Waals surface area contributed by atoms with Crippen LogP contribution < -0.4 is 15.5 Å². The Morgan fingerprint density at radius 1 is 1.00 bits per heavy atom. The Bertz CT molecular complexity index is 1410. The maximum atomic E-state index is 13.3. The first-order chi connectivity index (χ1) is 15.9. The van der Waals surface area contributed by atoms with E-state index in [1.165, 1.54) is 31.5 Å². The van der Waals surface area contributed by atoms with Gasteiger partial charge in [0.05, 0.1) is 23.6 Å². The lowest BCUT2D eigenvalue weighted by Gasteiger charge is -2.14. The highest BCUT2D eigenvalue weighted by molar-refractivity contribution is 6.10. The van der Waals surface area contributed by atoms with Gasteiger partial charge >= 0.3 is 0 Å². The van der Waals surface area contributed by atoms with Gasteiger partial charge in [0.1, 0.15) is 18.1 Å². The van der Waals surface area contributed by atoms with Gasteiger partial charge in [-0.2, -0.15) is 0 Å². The number of rotatable bonds is 6. The van der Waals surface area contributed by atoms with Crippen LogP contribution in [0.4, 0.5) is 10.1 Å². The molecule has 0 atom stereocenters. The van der Waals surface area contributed by atoms with E-state index in [2.05, 4.69) is 5.32 Å². The first-order valence-electron chi connectivity index (χ1n) is 10.2. The maximum Gasteiger partial charge on any atom is 0.244 e. The minimum absolute atomic E-state index is 0.120. The third-order valence-electron chi connectivity index (χ3n) is 5.29. The lowest BCUT2D eigenvalue weighted by atomic mass is 10.0. The molecule has 0 aliphatic heterocycles. The summed E-state index contributed by atoms with van der Waals surface area (Å²) in [6.45, 7) is 1.83. The summed E-state index contributed by atoms with van der Waals surface area (Å²) in [6, 6.07) is 17.2. The summed E-state index contributed by atoms with van der Waals surface area (Å²) in [5.74, 6) is -0.918. The topological polar surface area (TPSA) is 77.4 Å². The zero-order valence-electron chi connectivity index (χ0n) is 18.1.